The molecule has 1 aromatic rings. The van der Waals surface area contributed by atoms with Crippen molar-refractivity contribution in [3.63, 3.8) is 0 Å². The van der Waals surface area contributed by atoms with E-state index in [1.807, 2.05) is 6.92 Å². The summed E-state index contributed by atoms with van der Waals surface area (Å²) >= 11 is 0. The van der Waals surface area contributed by atoms with Crippen LogP contribution < -0.4 is 0 Å². The largest absolute Gasteiger partial charge is 0.299 e. The number of benzene rings is 1. The van der Waals surface area contributed by atoms with Crippen molar-refractivity contribution < 1.29 is 4.79 Å². The summed E-state index contributed by atoms with van der Waals surface area (Å²) in [7, 11) is 0. The Labute approximate surface area is 104 Å². The average molecular weight is 230 g/mol. The second kappa shape index (κ2) is 4.64. The van der Waals surface area contributed by atoms with E-state index in [0.29, 0.717) is 0 Å². The summed E-state index contributed by atoms with van der Waals surface area (Å²) in [6, 6.07) is 6.61. The summed E-state index contributed by atoms with van der Waals surface area (Å²) < 4.78 is 0. The molecule has 0 saturated heterocycles. The van der Waals surface area contributed by atoms with Crippen LogP contribution in [0.25, 0.3) is 0 Å². The maximum Gasteiger partial charge on any atom is 0.136 e. The van der Waals surface area contributed by atoms with Crippen LogP contribution in [0.2, 0.25) is 0 Å². The number of carbonyl (C=O) groups excluding carboxylic acids is 1. The van der Waals surface area contributed by atoms with E-state index in [1.165, 1.54) is 29.5 Å². The summed E-state index contributed by atoms with van der Waals surface area (Å²) in [6.07, 6.45) is 2.40. The van der Waals surface area contributed by atoms with Gasteiger partial charge in [-0.3, -0.25) is 4.79 Å². The number of carbonyl (C=O) groups is 1. The molecule has 17 heavy (non-hydrogen) atoms. The van der Waals surface area contributed by atoms with Crippen molar-refractivity contribution in [2.45, 2.75) is 46.5 Å². The fourth-order valence-corrected chi connectivity index (χ4v) is 2.65. The molecule has 1 heteroatoms. The van der Waals surface area contributed by atoms with Gasteiger partial charge in [-0.15, -0.1) is 0 Å². The zero-order valence-corrected chi connectivity index (χ0v) is 11.3. The first-order valence-electron chi connectivity index (χ1n) is 6.61. The average Bonchev–Trinajstić information content (AvgIpc) is 2.70. The lowest BCUT2D eigenvalue weighted by molar-refractivity contribution is -0.118. The molecule has 0 radical (unpaired) electrons. The molecule has 0 amide bonds. The van der Waals surface area contributed by atoms with Gasteiger partial charge in [0, 0.05) is 5.92 Å². The zero-order chi connectivity index (χ0) is 12.6. The monoisotopic (exact) mass is 230 g/mol. The van der Waals surface area contributed by atoms with Crippen LogP contribution in [-0.4, -0.2) is 5.78 Å². The third-order valence-corrected chi connectivity index (χ3v) is 4.25. The van der Waals surface area contributed by atoms with Crippen LogP contribution in [0.5, 0.6) is 0 Å². The van der Waals surface area contributed by atoms with Crippen LogP contribution in [0.15, 0.2) is 18.2 Å². The first-order chi connectivity index (χ1) is 7.99. The summed E-state index contributed by atoms with van der Waals surface area (Å²) in [5.41, 5.74) is 4.14. The van der Waals surface area contributed by atoms with Crippen molar-refractivity contribution in [2.24, 2.45) is 11.8 Å². The predicted molar refractivity (Wildman–Crippen MR) is 71.3 cm³/mol. The van der Waals surface area contributed by atoms with Crippen molar-refractivity contribution in [2.75, 3.05) is 0 Å². The molecule has 0 aliphatic heterocycles. The van der Waals surface area contributed by atoms with Crippen molar-refractivity contribution >= 4 is 5.78 Å². The van der Waals surface area contributed by atoms with Crippen LogP contribution in [0.3, 0.4) is 0 Å². The van der Waals surface area contributed by atoms with E-state index < -0.39 is 0 Å². The molecule has 1 nitrogen and oxygen atoms in total. The van der Waals surface area contributed by atoms with E-state index in [2.05, 4.69) is 32.0 Å². The first kappa shape index (κ1) is 12.3. The van der Waals surface area contributed by atoms with Gasteiger partial charge in [-0.2, -0.15) is 0 Å². The molecule has 0 spiro atoms. The van der Waals surface area contributed by atoms with Crippen LogP contribution in [0.1, 0.15) is 50.3 Å². The molecule has 0 saturated carbocycles. The minimum Gasteiger partial charge on any atom is -0.299 e. The van der Waals surface area contributed by atoms with Gasteiger partial charge in [0.05, 0.1) is 0 Å². The Morgan fingerprint density at radius 3 is 2.41 bits per heavy atom. The van der Waals surface area contributed by atoms with Gasteiger partial charge in [0.1, 0.15) is 5.78 Å². The molecule has 2 rings (SSSR count). The maximum absolute atomic E-state index is 11.4. The molecule has 0 heterocycles. The van der Waals surface area contributed by atoms with Gasteiger partial charge >= 0.3 is 0 Å². The number of Topliss-reactive ketones (excluding diaryl/α,β-unsaturated/α-hetero) is 1. The molecule has 0 N–H and O–H groups in total. The fraction of sp³-hybridized carbons (Fsp3) is 0.562. The van der Waals surface area contributed by atoms with E-state index in [9.17, 15) is 4.79 Å². The second-order valence-corrected chi connectivity index (χ2v) is 5.77. The van der Waals surface area contributed by atoms with Crippen LogP contribution in [0.4, 0.5) is 0 Å². The van der Waals surface area contributed by atoms with E-state index in [4.69, 9.17) is 0 Å². The lowest BCUT2D eigenvalue weighted by Crippen LogP contribution is -2.07. The zero-order valence-electron chi connectivity index (χ0n) is 11.3. The Balaban J connectivity index is 2.24. The fourth-order valence-electron chi connectivity index (χ4n) is 2.65. The second-order valence-electron chi connectivity index (χ2n) is 5.77. The van der Waals surface area contributed by atoms with Gasteiger partial charge in [-0.25, -0.2) is 0 Å². The molecule has 0 bridgehead atoms. The number of hydrogen-bond acceptors (Lipinski definition) is 1. The quantitative estimate of drug-likeness (QED) is 0.773. The highest BCUT2D eigenvalue weighted by atomic mass is 16.1. The number of ketones is 1. The normalized spacial score (nSPS) is 20.4. The molecule has 1 aliphatic carbocycles. The Kier molecular flexibility index (Phi) is 3.37. The summed E-state index contributed by atoms with van der Waals surface area (Å²) in [4.78, 5) is 11.4. The third kappa shape index (κ3) is 2.43. The predicted octanol–water partition coefficient (Wildman–Crippen LogP) is 3.75. The first-order valence-corrected chi connectivity index (χ1v) is 6.61. The van der Waals surface area contributed by atoms with E-state index in [-0.39, 0.29) is 11.7 Å². The summed E-state index contributed by atoms with van der Waals surface area (Å²) in [5, 5.41) is 0. The van der Waals surface area contributed by atoms with Crippen molar-refractivity contribution in [1.82, 2.24) is 0 Å². The highest BCUT2D eigenvalue weighted by Gasteiger charge is 2.24. The lowest BCUT2D eigenvalue weighted by Gasteiger charge is -2.12. The Hall–Kier alpha value is -1.11. The highest BCUT2D eigenvalue weighted by molar-refractivity contribution is 5.83. The van der Waals surface area contributed by atoms with Crippen LogP contribution in [0, 0.1) is 11.8 Å². The molecule has 92 valence electrons. The van der Waals surface area contributed by atoms with Gasteiger partial charge in [-0.1, -0.05) is 39.0 Å². The van der Waals surface area contributed by atoms with Gasteiger partial charge < -0.3 is 0 Å². The maximum atomic E-state index is 11.4. The number of rotatable bonds is 3. The number of hydrogen-bond donors (Lipinski definition) is 0. The van der Waals surface area contributed by atoms with Crippen LogP contribution in [-0.2, 0) is 17.6 Å². The van der Waals surface area contributed by atoms with Gasteiger partial charge in [0.2, 0.25) is 0 Å². The molecule has 1 aromatic carbocycles. The minimum atomic E-state index is 0.0402. The Bertz CT molecular complexity index is 431. The molecule has 1 aliphatic rings. The smallest absolute Gasteiger partial charge is 0.136 e. The molecule has 0 aromatic heterocycles. The topological polar surface area (TPSA) is 17.1 Å². The molecule has 2 unspecified atom stereocenters. The molecular weight excluding hydrogens is 208 g/mol. The highest BCUT2D eigenvalue weighted by Crippen LogP contribution is 2.33. The van der Waals surface area contributed by atoms with Crippen molar-refractivity contribution in [3.8, 4) is 0 Å². The lowest BCUT2D eigenvalue weighted by atomic mass is 9.93. The number of fused-ring (bicyclic) bond motifs is 1. The summed E-state index contributed by atoms with van der Waals surface area (Å²) in [6.45, 7) is 8.28. The van der Waals surface area contributed by atoms with E-state index >= 15 is 0 Å². The third-order valence-electron chi connectivity index (χ3n) is 4.25. The minimum absolute atomic E-state index is 0.0402. The van der Waals surface area contributed by atoms with E-state index in [0.717, 1.165) is 11.8 Å². The van der Waals surface area contributed by atoms with Crippen LogP contribution >= 0.6 is 0 Å². The van der Waals surface area contributed by atoms with Gasteiger partial charge in [0.15, 0.2) is 0 Å². The Morgan fingerprint density at radius 2 is 1.82 bits per heavy atom. The Morgan fingerprint density at radius 1 is 1.18 bits per heavy atom. The van der Waals surface area contributed by atoms with Crippen molar-refractivity contribution in [3.05, 3.63) is 34.9 Å². The molecule has 2 atom stereocenters. The van der Waals surface area contributed by atoms with Gasteiger partial charge in [0.25, 0.3) is 0 Å². The molecule has 0 fully saturated rings. The molecular formula is C16H22O. The SMILES string of the molecule is CC(=O)C(C)c1ccc2c(c1)CC(C(C)C)C2. The summed E-state index contributed by atoms with van der Waals surface area (Å²) in [5.74, 6) is 1.82. The standard InChI is InChI=1S/C16H22O/c1-10(2)15-8-14-6-5-13(7-16(14)9-15)11(3)12(4)17/h5-7,10-11,15H,8-9H2,1-4H3. The van der Waals surface area contributed by atoms with Gasteiger partial charge in [-0.05, 0) is 48.3 Å². The van der Waals surface area contributed by atoms with Crippen molar-refractivity contribution in [1.29, 1.82) is 0 Å². The van der Waals surface area contributed by atoms with E-state index in [1.54, 1.807) is 6.92 Å².